The first-order chi connectivity index (χ1) is 15.2. The highest BCUT2D eigenvalue weighted by Gasteiger charge is 2.47. The van der Waals surface area contributed by atoms with Crippen molar-refractivity contribution in [3.05, 3.63) is 65.2 Å². The molecule has 3 heteroatoms. The Morgan fingerprint density at radius 3 is 2.84 bits per heavy atom. The third-order valence-electron chi connectivity index (χ3n) is 7.55. The van der Waals surface area contributed by atoms with Gasteiger partial charge in [-0.2, -0.15) is 0 Å². The van der Waals surface area contributed by atoms with Crippen LogP contribution in [0.5, 0.6) is 5.75 Å². The number of likely N-dealkylation sites (tertiary alicyclic amines) is 1. The first-order valence-electron chi connectivity index (χ1n) is 12.2. The number of fused-ring (bicyclic) bond motifs is 1. The van der Waals surface area contributed by atoms with Crippen LogP contribution in [-0.4, -0.2) is 36.9 Å². The van der Waals surface area contributed by atoms with Crippen LogP contribution in [0.3, 0.4) is 0 Å². The molecule has 1 saturated carbocycles. The van der Waals surface area contributed by atoms with Gasteiger partial charge in [-0.25, -0.2) is 0 Å². The SMILES string of the molecule is CCCOc1cccc(C23CCCC2CN(CCC(=O)c2ccccc2CC)CC3)c1. The molecule has 2 atom stereocenters. The number of aryl methyl sites for hydroxylation is 1. The molecule has 2 aromatic rings. The van der Waals surface area contributed by atoms with E-state index in [-0.39, 0.29) is 0 Å². The van der Waals surface area contributed by atoms with Crippen molar-refractivity contribution in [1.29, 1.82) is 0 Å². The van der Waals surface area contributed by atoms with Gasteiger partial charge in [0.05, 0.1) is 6.61 Å². The predicted octanol–water partition coefficient (Wildman–Crippen LogP) is 6.05. The van der Waals surface area contributed by atoms with Crippen LogP contribution in [0.25, 0.3) is 0 Å². The summed E-state index contributed by atoms with van der Waals surface area (Å²) in [6, 6.07) is 17.0. The lowest BCUT2D eigenvalue weighted by Gasteiger charge is -2.45. The van der Waals surface area contributed by atoms with E-state index in [2.05, 4.69) is 49.1 Å². The zero-order chi connectivity index (χ0) is 21.7. The molecule has 0 spiro atoms. The molecule has 3 nitrogen and oxygen atoms in total. The van der Waals surface area contributed by atoms with Crippen LogP contribution in [0.2, 0.25) is 0 Å². The summed E-state index contributed by atoms with van der Waals surface area (Å²) in [5.41, 5.74) is 3.85. The van der Waals surface area contributed by atoms with Gasteiger partial charge in [-0.1, -0.05) is 56.7 Å². The van der Waals surface area contributed by atoms with E-state index in [1.54, 1.807) is 0 Å². The maximum Gasteiger partial charge on any atom is 0.164 e. The topological polar surface area (TPSA) is 29.5 Å². The lowest BCUT2D eigenvalue weighted by Crippen LogP contribution is -2.47. The van der Waals surface area contributed by atoms with E-state index >= 15 is 0 Å². The molecule has 31 heavy (non-hydrogen) atoms. The Balaban J connectivity index is 1.40. The van der Waals surface area contributed by atoms with Crippen LogP contribution in [0, 0.1) is 5.92 Å². The normalized spacial score (nSPS) is 23.5. The van der Waals surface area contributed by atoms with Crippen molar-refractivity contribution in [2.24, 2.45) is 5.92 Å². The quantitative estimate of drug-likeness (QED) is 0.463. The summed E-state index contributed by atoms with van der Waals surface area (Å²) in [4.78, 5) is 15.4. The van der Waals surface area contributed by atoms with Gasteiger partial charge in [0.25, 0.3) is 0 Å². The third-order valence-corrected chi connectivity index (χ3v) is 7.55. The summed E-state index contributed by atoms with van der Waals surface area (Å²) in [6.45, 7) is 8.13. The van der Waals surface area contributed by atoms with Crippen molar-refractivity contribution in [2.75, 3.05) is 26.2 Å². The number of carbonyl (C=O) groups is 1. The van der Waals surface area contributed by atoms with E-state index in [0.717, 1.165) is 50.4 Å². The van der Waals surface area contributed by atoms with Gasteiger partial charge in [0.1, 0.15) is 5.75 Å². The largest absolute Gasteiger partial charge is 0.494 e. The van der Waals surface area contributed by atoms with Crippen LogP contribution in [0.15, 0.2) is 48.5 Å². The summed E-state index contributed by atoms with van der Waals surface area (Å²) in [5, 5.41) is 0. The number of Topliss-reactive ketones (excluding diaryl/α,β-unsaturated/α-hetero) is 1. The van der Waals surface area contributed by atoms with Crippen molar-refractivity contribution >= 4 is 5.78 Å². The molecular weight excluding hydrogens is 382 g/mol. The number of ketones is 1. The van der Waals surface area contributed by atoms with Gasteiger partial charge in [0.15, 0.2) is 5.78 Å². The molecule has 0 radical (unpaired) electrons. The van der Waals surface area contributed by atoms with Gasteiger partial charge in [-0.3, -0.25) is 4.79 Å². The van der Waals surface area contributed by atoms with Gasteiger partial charge in [-0.05, 0) is 67.8 Å². The zero-order valence-corrected chi connectivity index (χ0v) is 19.2. The predicted molar refractivity (Wildman–Crippen MR) is 127 cm³/mol. The van der Waals surface area contributed by atoms with Crippen molar-refractivity contribution in [3.8, 4) is 5.75 Å². The van der Waals surface area contributed by atoms with Crippen LogP contribution in [-0.2, 0) is 11.8 Å². The van der Waals surface area contributed by atoms with E-state index in [9.17, 15) is 4.79 Å². The van der Waals surface area contributed by atoms with Gasteiger partial charge in [-0.15, -0.1) is 0 Å². The average Bonchev–Trinajstić information content (AvgIpc) is 3.26. The summed E-state index contributed by atoms with van der Waals surface area (Å²) >= 11 is 0. The van der Waals surface area contributed by atoms with Gasteiger partial charge in [0.2, 0.25) is 0 Å². The number of hydrogen-bond acceptors (Lipinski definition) is 3. The average molecular weight is 420 g/mol. The highest BCUT2D eigenvalue weighted by atomic mass is 16.5. The fourth-order valence-electron chi connectivity index (χ4n) is 5.84. The van der Waals surface area contributed by atoms with Crippen LogP contribution >= 0.6 is 0 Å². The summed E-state index contributed by atoms with van der Waals surface area (Å²) in [6.07, 6.45) is 7.65. The molecule has 166 valence electrons. The second-order valence-electron chi connectivity index (χ2n) is 9.36. The molecule has 1 saturated heterocycles. The fraction of sp³-hybridized carbons (Fsp3) is 0.536. The van der Waals surface area contributed by atoms with Crippen LogP contribution < -0.4 is 4.74 Å². The zero-order valence-electron chi connectivity index (χ0n) is 19.2. The monoisotopic (exact) mass is 419 g/mol. The Hall–Kier alpha value is -2.13. The third kappa shape index (κ3) is 4.72. The number of ether oxygens (including phenoxy) is 1. The molecule has 0 amide bonds. The second kappa shape index (κ2) is 9.99. The maximum atomic E-state index is 12.9. The molecule has 1 aliphatic carbocycles. The smallest absolute Gasteiger partial charge is 0.164 e. The molecule has 0 aromatic heterocycles. The van der Waals surface area contributed by atoms with E-state index < -0.39 is 0 Å². The Morgan fingerprint density at radius 2 is 2.00 bits per heavy atom. The Kier molecular flexibility index (Phi) is 7.12. The maximum absolute atomic E-state index is 12.9. The molecule has 1 heterocycles. The minimum Gasteiger partial charge on any atom is -0.494 e. The van der Waals surface area contributed by atoms with Crippen LogP contribution in [0.4, 0.5) is 0 Å². The van der Waals surface area contributed by atoms with E-state index in [0.29, 0.717) is 23.5 Å². The molecule has 2 aromatic carbocycles. The summed E-state index contributed by atoms with van der Waals surface area (Å²) in [7, 11) is 0. The Bertz CT molecular complexity index is 892. The van der Waals surface area contributed by atoms with E-state index in [1.807, 2.05) is 18.2 Å². The first-order valence-corrected chi connectivity index (χ1v) is 12.2. The molecule has 1 aliphatic heterocycles. The molecule has 2 aliphatic rings. The minimum atomic E-state index is 0.293. The number of rotatable bonds is 9. The molecule has 4 rings (SSSR count). The highest BCUT2D eigenvalue weighted by molar-refractivity contribution is 5.97. The fourth-order valence-corrected chi connectivity index (χ4v) is 5.84. The number of piperidine rings is 1. The molecule has 2 unspecified atom stereocenters. The molecule has 2 fully saturated rings. The summed E-state index contributed by atoms with van der Waals surface area (Å²) in [5.74, 6) is 1.99. The first kappa shape index (κ1) is 22.1. The van der Waals surface area contributed by atoms with Crippen molar-refractivity contribution in [1.82, 2.24) is 4.90 Å². The lowest BCUT2D eigenvalue weighted by atomic mass is 9.67. The lowest BCUT2D eigenvalue weighted by molar-refractivity contribution is 0.0886. The number of nitrogens with zero attached hydrogens (tertiary/aromatic N) is 1. The van der Waals surface area contributed by atoms with E-state index in [4.69, 9.17) is 4.74 Å². The Labute approximate surface area is 187 Å². The van der Waals surface area contributed by atoms with Crippen LogP contribution in [0.1, 0.15) is 73.9 Å². The highest BCUT2D eigenvalue weighted by Crippen LogP contribution is 2.51. The molecular formula is C28H37NO2. The molecule has 0 bridgehead atoms. The van der Waals surface area contributed by atoms with Crippen molar-refractivity contribution in [3.63, 3.8) is 0 Å². The van der Waals surface area contributed by atoms with Crippen molar-refractivity contribution in [2.45, 2.75) is 64.2 Å². The second-order valence-corrected chi connectivity index (χ2v) is 9.36. The van der Waals surface area contributed by atoms with Gasteiger partial charge >= 0.3 is 0 Å². The van der Waals surface area contributed by atoms with Crippen molar-refractivity contribution < 1.29 is 9.53 Å². The number of benzene rings is 2. The summed E-state index contributed by atoms with van der Waals surface area (Å²) < 4.78 is 5.93. The molecule has 0 N–H and O–H groups in total. The number of carbonyl (C=O) groups excluding carboxylic acids is 1. The van der Waals surface area contributed by atoms with Gasteiger partial charge in [0, 0.05) is 30.5 Å². The van der Waals surface area contributed by atoms with Gasteiger partial charge < -0.3 is 9.64 Å². The van der Waals surface area contributed by atoms with E-state index in [1.165, 1.54) is 36.8 Å². The Morgan fingerprint density at radius 1 is 1.13 bits per heavy atom. The standard InChI is InChI=1S/C28H37NO2/c1-3-19-31-25-12-7-10-23(20-25)28-15-8-11-24(28)21-29(18-16-28)17-14-27(30)26-13-6-5-9-22(26)4-2/h5-7,9-10,12-13,20,24H,3-4,8,11,14-19,21H2,1-2H3. The minimum absolute atomic E-state index is 0.293. The number of hydrogen-bond donors (Lipinski definition) is 0.